The van der Waals surface area contributed by atoms with Gasteiger partial charge in [-0.3, -0.25) is 17.3 Å². The summed E-state index contributed by atoms with van der Waals surface area (Å²) < 4.78 is 80.8. The summed E-state index contributed by atoms with van der Waals surface area (Å²) in [7, 11) is -6.66. The van der Waals surface area contributed by atoms with Crippen molar-refractivity contribution >= 4 is 58.5 Å². The topological polar surface area (TPSA) is 102 Å². The highest BCUT2D eigenvalue weighted by atomic mass is 19.2. The maximum Gasteiger partial charge on any atom is 0.678 e. The van der Waals surface area contributed by atoms with Crippen LogP contribution >= 0.6 is 0 Å². The van der Waals surface area contributed by atoms with Gasteiger partial charge in [0.15, 0.2) is 0 Å². The molecule has 0 aliphatic rings. The smallest absolute Gasteiger partial charge is 0.494 e. The third-order valence-electron chi connectivity index (χ3n) is 14.7. The summed E-state index contributed by atoms with van der Waals surface area (Å²) in [5.74, 6) is 1.00. The van der Waals surface area contributed by atoms with Crippen LogP contribution in [0.1, 0.15) is 155 Å². The summed E-state index contributed by atoms with van der Waals surface area (Å²) in [6.07, 6.45) is 12.8. The first kappa shape index (κ1) is 56.9. The Kier molecular flexibility index (Phi) is 18.2. The number of rotatable bonds is 22. The summed E-state index contributed by atoms with van der Waals surface area (Å²) in [6.45, 7) is 17.8. The van der Waals surface area contributed by atoms with E-state index in [1.807, 2.05) is 36.4 Å². The Morgan fingerprint density at radius 2 is 0.846 bits per heavy atom. The van der Waals surface area contributed by atoms with Crippen LogP contribution in [-0.4, -0.2) is 46.9 Å². The zero-order chi connectivity index (χ0) is 55.7. The number of nitrogens with zero attached hydrogens (tertiary/aromatic N) is 6. The Hall–Kier alpha value is -7.31. The molecule has 0 amide bonds. The summed E-state index contributed by atoms with van der Waals surface area (Å²) in [6, 6.07) is 36.0. The van der Waals surface area contributed by atoms with E-state index in [1.165, 1.54) is 12.8 Å². The van der Waals surface area contributed by atoms with Crippen molar-refractivity contribution in [1.82, 2.24) is 18.9 Å². The predicted molar refractivity (Wildman–Crippen MR) is 312 cm³/mol. The molecule has 0 bridgehead atoms. The number of ether oxygens (including phenoxy) is 2. The first-order chi connectivity index (χ1) is 37.5. The Balaban J connectivity index is 1.46. The van der Waals surface area contributed by atoms with E-state index < -0.39 is 14.8 Å². The van der Waals surface area contributed by atoms with Crippen LogP contribution in [0.15, 0.2) is 109 Å². The largest absolute Gasteiger partial charge is 0.678 e. The molecule has 402 valence electrons. The fraction of sp³-hybridized carbons (Fsp3) is 0.375. The Morgan fingerprint density at radius 3 is 1.18 bits per heavy atom. The van der Waals surface area contributed by atoms with Gasteiger partial charge in [-0.05, 0) is 131 Å². The van der Waals surface area contributed by atoms with Crippen molar-refractivity contribution in [2.75, 3.05) is 13.2 Å². The molecule has 0 spiro atoms. The van der Waals surface area contributed by atoms with E-state index in [0.717, 1.165) is 95.1 Å². The third kappa shape index (κ3) is 12.5. The van der Waals surface area contributed by atoms with Crippen LogP contribution < -0.4 is 20.2 Å². The normalized spacial score (nSPS) is 12.7. The number of aromatic nitrogens is 4. The van der Waals surface area contributed by atoms with Crippen LogP contribution in [-0.2, 0) is 10.8 Å². The highest BCUT2D eigenvalue weighted by Crippen LogP contribution is 2.38. The van der Waals surface area contributed by atoms with E-state index >= 15 is 17.3 Å². The molecule has 4 heterocycles. The van der Waals surface area contributed by atoms with Gasteiger partial charge in [0.25, 0.3) is 0 Å². The zero-order valence-corrected chi connectivity index (χ0v) is 46.5. The number of hydrogen-bond donors (Lipinski definition) is 0. The fourth-order valence-corrected chi connectivity index (χ4v) is 10.3. The molecule has 0 fully saturated rings. The van der Waals surface area contributed by atoms with Gasteiger partial charge in [0.1, 0.15) is 34.8 Å². The second-order valence-corrected chi connectivity index (χ2v) is 22.4. The molecule has 0 saturated carbocycles. The van der Waals surface area contributed by atoms with Crippen LogP contribution in [0, 0.1) is 22.7 Å². The number of halogens is 4. The summed E-state index contributed by atoms with van der Waals surface area (Å²) in [4.78, 5) is 9.83. The van der Waals surface area contributed by atoms with Crippen LogP contribution in [0.4, 0.5) is 17.3 Å². The SMILES string of the molecule is CCCCCCCCOc1ccc(-c2c3/c(=C(\C#N)c4ccc5cc(C(C)(C)C)ccc5n4)n(B(F)F)c(-c4ccc(OCCCCCCCC)cc4)c3/c(=C(\C#N)c3ccc4cc(C(C)(C)C)ccc4n3)n2B(F)F)cc1. The van der Waals surface area contributed by atoms with Crippen LogP contribution in [0.3, 0.4) is 0 Å². The van der Waals surface area contributed by atoms with Crippen molar-refractivity contribution in [2.24, 2.45) is 0 Å². The number of pyridine rings is 2. The average Bonchev–Trinajstić information content (AvgIpc) is 4.19. The number of nitriles is 2. The van der Waals surface area contributed by atoms with E-state index in [9.17, 15) is 10.5 Å². The van der Waals surface area contributed by atoms with Gasteiger partial charge in [0.05, 0.1) is 57.7 Å². The van der Waals surface area contributed by atoms with Gasteiger partial charge in [-0.25, -0.2) is 9.97 Å². The Labute approximate surface area is 457 Å². The highest BCUT2D eigenvalue weighted by molar-refractivity contribution is 6.45. The highest BCUT2D eigenvalue weighted by Gasteiger charge is 2.37. The maximum absolute atomic E-state index is 16.8. The lowest BCUT2D eigenvalue weighted by Gasteiger charge is -2.19. The molecular weight excluding hydrogens is 982 g/mol. The molecule has 0 saturated heterocycles. The molecule has 0 radical (unpaired) electrons. The molecule has 0 N–H and O–H groups in total. The van der Waals surface area contributed by atoms with Gasteiger partial charge in [-0.1, -0.05) is 144 Å². The zero-order valence-electron chi connectivity index (χ0n) is 46.5. The van der Waals surface area contributed by atoms with Gasteiger partial charge in [0.2, 0.25) is 0 Å². The van der Waals surface area contributed by atoms with Crippen LogP contribution in [0.25, 0.3) is 66.2 Å². The van der Waals surface area contributed by atoms with E-state index in [-0.39, 0.29) is 77.3 Å². The molecule has 0 aliphatic carbocycles. The lowest BCUT2D eigenvalue weighted by molar-refractivity contribution is 0.304. The number of hydrogen-bond acceptors (Lipinski definition) is 6. The first-order valence-electron chi connectivity index (χ1n) is 27.7. The minimum atomic E-state index is -3.33. The van der Waals surface area contributed by atoms with Gasteiger partial charge in [-0.2, -0.15) is 10.5 Å². The maximum atomic E-state index is 16.8. The van der Waals surface area contributed by atoms with Crippen molar-refractivity contribution in [2.45, 2.75) is 143 Å². The molecule has 4 aromatic carbocycles. The van der Waals surface area contributed by atoms with Crippen molar-refractivity contribution in [3.05, 3.63) is 142 Å². The first-order valence-corrected chi connectivity index (χ1v) is 27.7. The second kappa shape index (κ2) is 25.0. The summed E-state index contributed by atoms with van der Waals surface area (Å²) in [5, 5.41) is 23.5. The molecule has 4 aromatic heterocycles. The molecule has 8 nitrogen and oxygen atoms in total. The molecule has 8 rings (SSSR count). The van der Waals surface area contributed by atoms with Crippen molar-refractivity contribution in [1.29, 1.82) is 10.5 Å². The quantitative estimate of drug-likeness (QED) is 0.0381. The van der Waals surface area contributed by atoms with Gasteiger partial charge >= 0.3 is 14.8 Å². The summed E-state index contributed by atoms with van der Waals surface area (Å²) >= 11 is 0. The molecule has 14 heteroatoms. The Bertz CT molecular complexity index is 3380. The molecule has 0 atom stereocenters. The number of unbranched alkanes of at least 4 members (excludes halogenated alkanes) is 10. The molecule has 78 heavy (non-hydrogen) atoms. The van der Waals surface area contributed by atoms with Crippen molar-refractivity contribution < 1.29 is 26.7 Å². The lowest BCUT2D eigenvalue weighted by Crippen LogP contribution is -2.33. The van der Waals surface area contributed by atoms with E-state index in [0.29, 0.717) is 35.7 Å². The lowest BCUT2D eigenvalue weighted by atomic mass is 9.86. The van der Waals surface area contributed by atoms with E-state index in [2.05, 4.69) is 67.5 Å². The molecular formula is C64H70B2F4N6O2. The molecule has 0 aliphatic heterocycles. The van der Waals surface area contributed by atoms with Gasteiger partial charge < -0.3 is 18.4 Å². The summed E-state index contributed by atoms with van der Waals surface area (Å²) in [5.41, 5.74) is 2.39. The van der Waals surface area contributed by atoms with Crippen LogP contribution in [0.5, 0.6) is 11.5 Å². The van der Waals surface area contributed by atoms with E-state index in [1.54, 1.807) is 72.8 Å². The third-order valence-corrected chi connectivity index (χ3v) is 14.7. The monoisotopic (exact) mass is 1050 g/mol. The number of fused-ring (bicyclic) bond motifs is 3. The minimum absolute atomic E-state index is 0.0610. The molecule has 0 unspecified atom stereocenters. The van der Waals surface area contributed by atoms with Gasteiger partial charge in [-0.15, -0.1) is 0 Å². The standard InChI is InChI=1S/C64H70B2F4N6O2/c1-9-11-13-15-17-19-37-77-49-29-21-43(22-30-49)59-57-58(62(75(59)65(67)68)52(42-72)56-34-26-46-40-48(64(6,7)8)28-36-54(46)74-56)60(44-23-31-50(32-24-44)78-38-20-18-16-14-12-10-2)76(66(69)70)61(57)51(41-71)55-33-25-45-39-47(63(3,4)5)27-35-53(45)73-55/h21-36,39-40H,9-20,37-38H2,1-8H3/b61-51-,62-52-. The number of benzene rings is 4. The van der Waals surface area contributed by atoms with Crippen LogP contribution in [0.2, 0.25) is 0 Å². The average molecular weight is 1050 g/mol. The predicted octanol–water partition coefficient (Wildman–Crippen LogP) is 15.9. The minimum Gasteiger partial charge on any atom is -0.494 e. The van der Waals surface area contributed by atoms with Crippen molar-refractivity contribution in [3.63, 3.8) is 0 Å². The second-order valence-electron chi connectivity index (χ2n) is 22.4. The molecule has 8 aromatic rings. The van der Waals surface area contributed by atoms with Gasteiger partial charge in [0, 0.05) is 21.5 Å². The Morgan fingerprint density at radius 1 is 0.487 bits per heavy atom. The van der Waals surface area contributed by atoms with Crippen molar-refractivity contribution in [3.8, 4) is 46.2 Å². The van der Waals surface area contributed by atoms with E-state index in [4.69, 9.17) is 19.4 Å². The fourth-order valence-electron chi connectivity index (χ4n) is 10.3.